The normalized spacial score (nSPS) is 12.2. The summed E-state index contributed by atoms with van der Waals surface area (Å²) in [5, 5.41) is 0. The number of H-pyrrole nitrogens is 2. The molecule has 2 aliphatic heterocycles. The van der Waals surface area contributed by atoms with Gasteiger partial charge in [0, 0.05) is 22.2 Å². The highest BCUT2D eigenvalue weighted by molar-refractivity contribution is 8.05. The van der Waals surface area contributed by atoms with Crippen LogP contribution in [0.3, 0.4) is 0 Å². The van der Waals surface area contributed by atoms with Gasteiger partial charge in [0.2, 0.25) is 16.8 Å². The smallest absolute Gasteiger partial charge is 0.291 e. The van der Waals surface area contributed by atoms with E-state index >= 15 is 0 Å². The number of nitrogens with one attached hydrogen (secondary N) is 2. The van der Waals surface area contributed by atoms with E-state index in [1.807, 2.05) is 92.4 Å². The van der Waals surface area contributed by atoms with Crippen LogP contribution in [-0.4, -0.2) is 45.0 Å². The summed E-state index contributed by atoms with van der Waals surface area (Å²) in [6.07, 6.45) is 17.4. The standard InChI is InChI=1S/C42H32N4S8/c1-47-39-40(48-2)52-37(51-39)35-29-19-15-25(43-29)33(23-11-7-5-8-12-23)27-17-21-31(45-27)36(38-53-41(49-3)42(50-4)54-38)32-22-18-28(46-32)34(24-13-9-6-10-14-24)26-16-20-30(35)44-26/h5-22,43,46H,1-4H3/q+2. The fraction of sp³-hybridized carbons (Fsp3) is 0.0952. The monoisotopic (exact) mass is 848 g/mol. The van der Waals surface area contributed by atoms with Crippen molar-refractivity contribution >= 4 is 139 Å². The molecule has 4 nitrogen and oxygen atoms in total. The SMILES string of the molecule is CSc1sc(-c2c3nc(c(-c4ccccc4)c4ccc([nH]4)c(-c4sc(SC)c(SC)[s+]4)c4nc(c(-c5ccccc5)c5ccc2[nH]5)C=C4)C=C3)[s+]c1SC. The molecule has 2 aromatic carbocycles. The van der Waals surface area contributed by atoms with Crippen molar-refractivity contribution in [1.82, 2.24) is 19.9 Å². The van der Waals surface area contributed by atoms with Crippen LogP contribution >= 0.6 is 92.4 Å². The van der Waals surface area contributed by atoms with Crippen molar-refractivity contribution in [3.63, 3.8) is 0 Å². The summed E-state index contributed by atoms with van der Waals surface area (Å²) in [6, 6.07) is 30.1. The first kappa shape index (κ1) is 36.2. The molecule has 0 unspecified atom stereocenters. The summed E-state index contributed by atoms with van der Waals surface area (Å²) in [5.74, 6) is 0. The average molecular weight is 849 g/mol. The van der Waals surface area contributed by atoms with Gasteiger partial charge < -0.3 is 9.97 Å². The predicted molar refractivity (Wildman–Crippen MR) is 248 cm³/mol. The summed E-state index contributed by atoms with van der Waals surface area (Å²) in [6.45, 7) is 0. The lowest BCUT2D eigenvalue weighted by Crippen LogP contribution is -1.88. The van der Waals surface area contributed by atoms with Crippen LogP contribution in [0.4, 0.5) is 0 Å². The van der Waals surface area contributed by atoms with Gasteiger partial charge in [0.25, 0.3) is 8.38 Å². The second kappa shape index (κ2) is 15.6. The molecular weight excluding hydrogens is 817 g/mol. The van der Waals surface area contributed by atoms with Gasteiger partial charge in [0.1, 0.15) is 45.3 Å². The minimum Gasteiger partial charge on any atom is -0.354 e. The molecule has 9 rings (SSSR count). The molecule has 2 N–H and O–H groups in total. The van der Waals surface area contributed by atoms with Gasteiger partial charge in [-0.2, -0.15) is 0 Å². The van der Waals surface area contributed by atoms with Crippen LogP contribution < -0.4 is 0 Å². The van der Waals surface area contributed by atoms with E-state index in [1.54, 1.807) is 0 Å². The maximum Gasteiger partial charge on any atom is 0.291 e. The Hall–Kier alpha value is -3.46. The van der Waals surface area contributed by atoms with Crippen molar-refractivity contribution in [2.24, 2.45) is 0 Å². The average Bonchev–Trinajstić information content (AvgIpc) is 4.07. The Kier molecular flexibility index (Phi) is 10.4. The number of fused-ring (bicyclic) bond motifs is 8. The Labute approximate surface area is 347 Å². The number of aromatic amines is 2. The molecule has 0 saturated carbocycles. The fourth-order valence-electron chi connectivity index (χ4n) is 6.70. The lowest BCUT2D eigenvalue weighted by molar-refractivity contribution is 1.31. The molecule has 0 atom stereocenters. The fourth-order valence-corrected chi connectivity index (χ4v) is 16.9. The molecule has 12 heteroatoms. The number of hydrogen-bond donors (Lipinski definition) is 2. The largest absolute Gasteiger partial charge is 0.354 e. The molecule has 0 saturated heterocycles. The molecule has 2 aliphatic rings. The topological polar surface area (TPSA) is 57.4 Å². The van der Waals surface area contributed by atoms with Crippen molar-refractivity contribution in [3.05, 3.63) is 108 Å². The molecule has 8 bridgehead atoms. The van der Waals surface area contributed by atoms with Gasteiger partial charge in [0.05, 0.1) is 44.9 Å². The van der Waals surface area contributed by atoms with E-state index in [2.05, 4.69) is 144 Å². The quantitative estimate of drug-likeness (QED) is 0.117. The Morgan fingerprint density at radius 3 is 1.13 bits per heavy atom. The van der Waals surface area contributed by atoms with E-state index in [-0.39, 0.29) is 0 Å². The van der Waals surface area contributed by atoms with Crippen molar-refractivity contribution < 1.29 is 0 Å². The van der Waals surface area contributed by atoms with Crippen molar-refractivity contribution in [2.45, 2.75) is 16.8 Å². The van der Waals surface area contributed by atoms with Gasteiger partial charge in [-0.15, -0.1) is 0 Å². The van der Waals surface area contributed by atoms with Crippen molar-refractivity contribution in [3.8, 4) is 41.8 Å². The molecule has 0 aliphatic carbocycles. The predicted octanol–water partition coefficient (Wildman–Crippen LogP) is 15.0. The van der Waals surface area contributed by atoms with Crippen LogP contribution in [0.5, 0.6) is 0 Å². The summed E-state index contributed by atoms with van der Waals surface area (Å²) in [7, 11) is 0. The Balaban J connectivity index is 1.46. The number of nitrogens with zero attached hydrogens (tertiary/aromatic N) is 2. The molecule has 0 radical (unpaired) electrons. The van der Waals surface area contributed by atoms with Crippen LogP contribution in [0.15, 0.2) is 102 Å². The number of aromatic nitrogens is 4. The highest BCUT2D eigenvalue weighted by Crippen LogP contribution is 2.50. The van der Waals surface area contributed by atoms with E-state index in [9.17, 15) is 0 Å². The maximum atomic E-state index is 5.47. The van der Waals surface area contributed by atoms with E-state index in [0.29, 0.717) is 0 Å². The summed E-state index contributed by atoms with van der Waals surface area (Å²) in [5.41, 5.74) is 14.4. The molecular formula is C42H32N4S8+2. The van der Waals surface area contributed by atoms with Gasteiger partial charge in [-0.25, -0.2) is 9.97 Å². The first-order valence-electron chi connectivity index (χ1n) is 16.9. The van der Waals surface area contributed by atoms with Gasteiger partial charge >= 0.3 is 0 Å². The van der Waals surface area contributed by atoms with Crippen LogP contribution in [0, 0.1) is 0 Å². The molecule has 266 valence electrons. The zero-order chi connectivity index (χ0) is 36.8. The zero-order valence-electron chi connectivity index (χ0n) is 29.6. The van der Waals surface area contributed by atoms with Crippen LogP contribution in [0.25, 0.3) is 88.1 Å². The summed E-state index contributed by atoms with van der Waals surface area (Å²) < 4.78 is 7.77. The van der Waals surface area contributed by atoms with Crippen molar-refractivity contribution in [2.75, 3.05) is 25.0 Å². The number of rotatable bonds is 8. The van der Waals surface area contributed by atoms with Crippen LogP contribution in [0.1, 0.15) is 22.8 Å². The van der Waals surface area contributed by atoms with E-state index in [0.717, 1.165) is 78.2 Å². The third kappa shape index (κ3) is 6.64. The lowest BCUT2D eigenvalue weighted by Gasteiger charge is -2.04. The Morgan fingerprint density at radius 2 is 0.796 bits per heavy atom. The van der Waals surface area contributed by atoms with Gasteiger partial charge in [-0.3, -0.25) is 0 Å². The highest BCUT2D eigenvalue weighted by atomic mass is 32.2. The molecule has 7 heterocycles. The minimum atomic E-state index is 0.929. The van der Waals surface area contributed by atoms with Crippen molar-refractivity contribution in [1.29, 1.82) is 0 Å². The van der Waals surface area contributed by atoms with Gasteiger partial charge in [-0.05, 0) is 84.7 Å². The Morgan fingerprint density at radius 1 is 0.444 bits per heavy atom. The molecule has 0 amide bonds. The Bertz CT molecular complexity index is 2540. The zero-order valence-corrected chi connectivity index (χ0v) is 36.1. The van der Waals surface area contributed by atoms with E-state index in [1.165, 1.54) is 25.2 Å². The first-order chi connectivity index (χ1) is 26.6. The summed E-state index contributed by atoms with van der Waals surface area (Å²) >= 11 is 14.6. The van der Waals surface area contributed by atoms with E-state index in [4.69, 9.17) is 9.97 Å². The second-order valence-electron chi connectivity index (χ2n) is 12.2. The summed E-state index contributed by atoms with van der Waals surface area (Å²) in [4.78, 5) is 18.7. The lowest BCUT2D eigenvalue weighted by atomic mass is 10.0. The second-order valence-corrected chi connectivity index (χ2v) is 21.1. The molecule has 0 spiro atoms. The molecule has 7 aromatic rings. The third-order valence-electron chi connectivity index (χ3n) is 9.10. The number of benzene rings is 2. The van der Waals surface area contributed by atoms with Gasteiger partial charge in [-0.1, -0.05) is 108 Å². The molecule has 0 fully saturated rings. The maximum absolute atomic E-state index is 5.47. The molecule has 54 heavy (non-hydrogen) atoms. The van der Waals surface area contributed by atoms with Crippen LogP contribution in [0.2, 0.25) is 0 Å². The number of hydrogen-bond acceptors (Lipinski definition) is 8. The first-order valence-corrected chi connectivity index (χ1v) is 25.1. The number of thioether (sulfide) groups is 4. The minimum absolute atomic E-state index is 0.929. The van der Waals surface area contributed by atoms with Gasteiger partial charge in [0.15, 0.2) is 0 Å². The highest BCUT2D eigenvalue weighted by Gasteiger charge is 2.30. The van der Waals surface area contributed by atoms with E-state index < -0.39 is 0 Å². The van der Waals surface area contributed by atoms with Crippen LogP contribution in [-0.2, 0) is 0 Å². The molecule has 5 aromatic heterocycles. The third-order valence-corrected chi connectivity index (χ3v) is 19.6.